The van der Waals surface area contributed by atoms with Crippen molar-refractivity contribution in [1.82, 2.24) is 0 Å². The number of hydrogen-bond donors (Lipinski definition) is 0. The van der Waals surface area contributed by atoms with Gasteiger partial charge in [0, 0.05) is 0 Å². The topological polar surface area (TPSA) is 35.5 Å². The second-order valence-electron chi connectivity index (χ2n) is 4.42. The fourth-order valence-electron chi connectivity index (χ4n) is 1.89. The minimum atomic E-state index is -0.315. The molecule has 0 atom stereocenters. The molecular formula is C16H18O3. The molecular weight excluding hydrogens is 240 g/mol. The zero-order chi connectivity index (χ0) is 13.7. The molecule has 0 amide bonds. The van der Waals surface area contributed by atoms with E-state index in [0.29, 0.717) is 5.56 Å². The molecule has 0 heterocycles. The molecule has 0 bridgehead atoms. The Balaban J connectivity index is 2.22. The van der Waals surface area contributed by atoms with E-state index in [1.165, 1.54) is 7.11 Å². The van der Waals surface area contributed by atoms with Crippen molar-refractivity contribution in [3.05, 3.63) is 42.0 Å². The van der Waals surface area contributed by atoms with E-state index in [0.717, 1.165) is 36.0 Å². The van der Waals surface area contributed by atoms with Crippen molar-refractivity contribution in [2.75, 3.05) is 13.7 Å². The number of unbranched alkanes of at least 4 members (excludes halogenated alkanes) is 1. The van der Waals surface area contributed by atoms with Gasteiger partial charge in [0.15, 0.2) is 0 Å². The molecule has 2 aromatic carbocycles. The van der Waals surface area contributed by atoms with Gasteiger partial charge in [-0.05, 0) is 41.5 Å². The largest absolute Gasteiger partial charge is 0.494 e. The lowest BCUT2D eigenvalue weighted by Crippen LogP contribution is -2.00. The van der Waals surface area contributed by atoms with Crippen molar-refractivity contribution in [3.8, 4) is 5.75 Å². The van der Waals surface area contributed by atoms with Gasteiger partial charge in [0.1, 0.15) is 5.75 Å². The smallest absolute Gasteiger partial charge is 0.337 e. The molecule has 100 valence electrons. The van der Waals surface area contributed by atoms with Gasteiger partial charge < -0.3 is 9.47 Å². The molecule has 2 rings (SSSR count). The fraction of sp³-hybridized carbons (Fsp3) is 0.312. The third kappa shape index (κ3) is 3.25. The van der Waals surface area contributed by atoms with Crippen LogP contribution in [0.4, 0.5) is 0 Å². The molecule has 2 aromatic rings. The van der Waals surface area contributed by atoms with E-state index in [1.807, 2.05) is 30.3 Å². The van der Waals surface area contributed by atoms with E-state index in [2.05, 4.69) is 6.92 Å². The third-order valence-corrected chi connectivity index (χ3v) is 3.00. The van der Waals surface area contributed by atoms with Crippen molar-refractivity contribution < 1.29 is 14.3 Å². The molecule has 0 aromatic heterocycles. The zero-order valence-electron chi connectivity index (χ0n) is 11.3. The van der Waals surface area contributed by atoms with Gasteiger partial charge >= 0.3 is 5.97 Å². The molecule has 0 saturated heterocycles. The first-order valence-corrected chi connectivity index (χ1v) is 6.49. The predicted molar refractivity (Wildman–Crippen MR) is 75.7 cm³/mol. The van der Waals surface area contributed by atoms with E-state index >= 15 is 0 Å². The van der Waals surface area contributed by atoms with Crippen LogP contribution in [-0.2, 0) is 4.74 Å². The zero-order valence-corrected chi connectivity index (χ0v) is 11.3. The summed E-state index contributed by atoms with van der Waals surface area (Å²) in [5.74, 6) is 0.553. The van der Waals surface area contributed by atoms with E-state index in [-0.39, 0.29) is 5.97 Å². The first-order chi connectivity index (χ1) is 9.24. The highest BCUT2D eigenvalue weighted by Crippen LogP contribution is 2.22. The van der Waals surface area contributed by atoms with Gasteiger partial charge in [0.05, 0.1) is 19.3 Å². The van der Waals surface area contributed by atoms with Crippen molar-refractivity contribution in [2.24, 2.45) is 0 Å². The van der Waals surface area contributed by atoms with Gasteiger partial charge in [-0.1, -0.05) is 25.5 Å². The predicted octanol–water partition coefficient (Wildman–Crippen LogP) is 3.81. The Morgan fingerprint density at radius 1 is 1.11 bits per heavy atom. The summed E-state index contributed by atoms with van der Waals surface area (Å²) in [5.41, 5.74) is 0.564. The van der Waals surface area contributed by atoms with Crippen LogP contribution in [0.25, 0.3) is 10.8 Å². The standard InChI is InChI=1S/C16H18O3/c1-3-4-9-19-15-8-7-12-10-14(16(17)18-2)6-5-13(12)11-15/h5-8,10-11H,3-4,9H2,1-2H3. The number of hydrogen-bond acceptors (Lipinski definition) is 3. The summed E-state index contributed by atoms with van der Waals surface area (Å²) >= 11 is 0. The number of methoxy groups -OCH3 is 1. The fourth-order valence-corrected chi connectivity index (χ4v) is 1.89. The summed E-state index contributed by atoms with van der Waals surface area (Å²) in [5, 5.41) is 2.06. The number of rotatable bonds is 5. The first kappa shape index (κ1) is 13.4. The number of carbonyl (C=O) groups excluding carboxylic acids is 1. The molecule has 0 fully saturated rings. The molecule has 0 saturated carbocycles. The maximum atomic E-state index is 11.5. The molecule has 0 radical (unpaired) electrons. The lowest BCUT2D eigenvalue weighted by atomic mass is 10.1. The average molecular weight is 258 g/mol. The minimum absolute atomic E-state index is 0.315. The van der Waals surface area contributed by atoms with Gasteiger partial charge in [-0.3, -0.25) is 0 Å². The second kappa shape index (κ2) is 6.23. The Bertz CT molecular complexity index is 575. The van der Waals surface area contributed by atoms with Gasteiger partial charge in [0.2, 0.25) is 0 Å². The summed E-state index contributed by atoms with van der Waals surface area (Å²) in [6.07, 6.45) is 2.18. The lowest BCUT2D eigenvalue weighted by molar-refractivity contribution is 0.0601. The van der Waals surface area contributed by atoms with Crippen molar-refractivity contribution >= 4 is 16.7 Å². The average Bonchev–Trinajstić information content (AvgIpc) is 2.46. The minimum Gasteiger partial charge on any atom is -0.494 e. The first-order valence-electron chi connectivity index (χ1n) is 6.49. The highest BCUT2D eigenvalue weighted by Gasteiger charge is 2.06. The summed E-state index contributed by atoms with van der Waals surface area (Å²) in [7, 11) is 1.39. The van der Waals surface area contributed by atoms with Crippen LogP contribution in [0.3, 0.4) is 0 Å². The van der Waals surface area contributed by atoms with Crippen LogP contribution in [0.2, 0.25) is 0 Å². The van der Waals surface area contributed by atoms with E-state index in [4.69, 9.17) is 9.47 Å². The number of fused-ring (bicyclic) bond motifs is 1. The molecule has 3 heteroatoms. The number of ether oxygens (including phenoxy) is 2. The highest BCUT2D eigenvalue weighted by atomic mass is 16.5. The monoisotopic (exact) mass is 258 g/mol. The van der Waals surface area contributed by atoms with Gasteiger partial charge in [0.25, 0.3) is 0 Å². The Morgan fingerprint density at radius 3 is 2.58 bits per heavy atom. The molecule has 0 aliphatic rings. The molecule has 0 unspecified atom stereocenters. The second-order valence-corrected chi connectivity index (χ2v) is 4.42. The van der Waals surface area contributed by atoms with Gasteiger partial charge in [-0.25, -0.2) is 4.79 Å². The van der Waals surface area contributed by atoms with Crippen LogP contribution < -0.4 is 4.74 Å². The van der Waals surface area contributed by atoms with E-state index < -0.39 is 0 Å². The number of carbonyl (C=O) groups is 1. The maximum absolute atomic E-state index is 11.5. The van der Waals surface area contributed by atoms with Crippen molar-refractivity contribution in [3.63, 3.8) is 0 Å². The highest BCUT2D eigenvalue weighted by molar-refractivity contribution is 5.95. The van der Waals surface area contributed by atoms with E-state index in [9.17, 15) is 4.79 Å². The van der Waals surface area contributed by atoms with Crippen LogP contribution in [0.15, 0.2) is 36.4 Å². The quantitative estimate of drug-likeness (QED) is 0.604. The lowest BCUT2D eigenvalue weighted by Gasteiger charge is -2.07. The Hall–Kier alpha value is -2.03. The van der Waals surface area contributed by atoms with Gasteiger partial charge in [-0.15, -0.1) is 0 Å². The summed E-state index contributed by atoms with van der Waals surface area (Å²) < 4.78 is 10.4. The molecule has 3 nitrogen and oxygen atoms in total. The van der Waals surface area contributed by atoms with Crippen LogP contribution in [0, 0.1) is 0 Å². The molecule has 19 heavy (non-hydrogen) atoms. The SMILES string of the molecule is CCCCOc1ccc2cc(C(=O)OC)ccc2c1. The van der Waals surface area contributed by atoms with Crippen molar-refractivity contribution in [2.45, 2.75) is 19.8 Å². The van der Waals surface area contributed by atoms with E-state index in [1.54, 1.807) is 6.07 Å². The third-order valence-electron chi connectivity index (χ3n) is 3.00. The summed E-state index contributed by atoms with van der Waals surface area (Å²) in [4.78, 5) is 11.5. The normalized spacial score (nSPS) is 10.4. The van der Waals surface area contributed by atoms with Gasteiger partial charge in [-0.2, -0.15) is 0 Å². The summed E-state index contributed by atoms with van der Waals surface area (Å²) in [6, 6.07) is 11.4. The summed E-state index contributed by atoms with van der Waals surface area (Å²) in [6.45, 7) is 2.88. The maximum Gasteiger partial charge on any atom is 0.337 e. The number of benzene rings is 2. The molecule has 0 N–H and O–H groups in total. The Labute approximate surface area is 113 Å². The van der Waals surface area contributed by atoms with Crippen LogP contribution >= 0.6 is 0 Å². The van der Waals surface area contributed by atoms with Crippen LogP contribution in [0.1, 0.15) is 30.1 Å². The molecule has 0 spiro atoms. The molecule has 0 aliphatic heterocycles. The molecule has 0 aliphatic carbocycles. The Morgan fingerprint density at radius 2 is 1.84 bits per heavy atom. The number of esters is 1. The van der Waals surface area contributed by atoms with Crippen LogP contribution in [-0.4, -0.2) is 19.7 Å². The van der Waals surface area contributed by atoms with Crippen molar-refractivity contribution in [1.29, 1.82) is 0 Å². The Kier molecular flexibility index (Phi) is 4.39. The van der Waals surface area contributed by atoms with Crippen LogP contribution in [0.5, 0.6) is 5.75 Å².